The Morgan fingerprint density at radius 1 is 1.15 bits per heavy atom. The van der Waals surface area contributed by atoms with E-state index in [2.05, 4.69) is 15.0 Å². The second-order valence-electron chi connectivity index (χ2n) is 2.96. The van der Waals surface area contributed by atoms with Gasteiger partial charge in [-0.05, 0) is 12.1 Å². The normalized spacial score (nSPS) is 11.1. The summed E-state index contributed by atoms with van der Waals surface area (Å²) in [5, 5.41) is 2.25. The van der Waals surface area contributed by atoms with Gasteiger partial charge in [0.25, 0.3) is 0 Å². The van der Waals surface area contributed by atoms with E-state index in [0.717, 1.165) is 16.4 Å². The first-order valence-electron chi connectivity index (χ1n) is 4.11. The number of rotatable bonds is 0. The van der Waals surface area contributed by atoms with Crippen molar-refractivity contribution in [1.29, 1.82) is 0 Å². The van der Waals surface area contributed by atoms with Gasteiger partial charge < -0.3 is 4.98 Å². The molecule has 0 aliphatic carbocycles. The summed E-state index contributed by atoms with van der Waals surface area (Å²) < 4.78 is 0. The Balaban J connectivity index is 2.61. The topological polar surface area (TPSA) is 41.6 Å². The van der Waals surface area contributed by atoms with Crippen LogP contribution in [0.4, 0.5) is 0 Å². The van der Waals surface area contributed by atoms with Crippen molar-refractivity contribution in [3.8, 4) is 0 Å². The molecular weight excluding hydrogens is 162 g/mol. The van der Waals surface area contributed by atoms with Gasteiger partial charge in [-0.25, -0.2) is 0 Å². The van der Waals surface area contributed by atoms with Gasteiger partial charge in [-0.15, -0.1) is 0 Å². The summed E-state index contributed by atoms with van der Waals surface area (Å²) >= 11 is 0. The molecule has 0 radical (unpaired) electrons. The van der Waals surface area contributed by atoms with Gasteiger partial charge in [-0.1, -0.05) is 0 Å². The van der Waals surface area contributed by atoms with Gasteiger partial charge in [-0.2, -0.15) is 0 Å². The van der Waals surface area contributed by atoms with Gasteiger partial charge in [0.05, 0.1) is 5.52 Å². The minimum Gasteiger partial charge on any atom is -0.360 e. The third-order valence-corrected chi connectivity index (χ3v) is 2.19. The van der Waals surface area contributed by atoms with Crippen molar-refractivity contribution in [1.82, 2.24) is 15.0 Å². The summed E-state index contributed by atoms with van der Waals surface area (Å²) in [7, 11) is 0. The zero-order chi connectivity index (χ0) is 8.67. The number of fused-ring (bicyclic) bond motifs is 3. The first-order chi connectivity index (χ1) is 6.45. The molecule has 3 rings (SSSR count). The van der Waals surface area contributed by atoms with Crippen LogP contribution in [-0.4, -0.2) is 15.0 Å². The second kappa shape index (κ2) is 2.29. The molecule has 0 aliphatic rings. The molecular formula is C10H7N3. The fraction of sp³-hybridized carbons (Fsp3) is 0. The lowest BCUT2D eigenvalue weighted by Gasteiger charge is -2.02. The van der Waals surface area contributed by atoms with Gasteiger partial charge >= 0.3 is 0 Å². The van der Waals surface area contributed by atoms with E-state index in [0.29, 0.717) is 0 Å². The van der Waals surface area contributed by atoms with Crippen molar-refractivity contribution in [2.45, 2.75) is 0 Å². The number of aromatic nitrogens is 3. The number of nitrogens with zero attached hydrogens (tertiary/aromatic N) is 2. The van der Waals surface area contributed by atoms with Gasteiger partial charge in [0.15, 0.2) is 0 Å². The first kappa shape index (κ1) is 6.60. The quantitative estimate of drug-likeness (QED) is 0.560. The van der Waals surface area contributed by atoms with Gasteiger partial charge in [0.1, 0.15) is 0 Å². The van der Waals surface area contributed by atoms with E-state index in [4.69, 9.17) is 0 Å². The molecule has 0 saturated heterocycles. The van der Waals surface area contributed by atoms with Crippen LogP contribution in [0.2, 0.25) is 0 Å². The highest BCUT2D eigenvalue weighted by molar-refractivity contribution is 6.04. The lowest BCUT2D eigenvalue weighted by Crippen LogP contribution is -1.84. The molecule has 0 fully saturated rings. The van der Waals surface area contributed by atoms with Crippen molar-refractivity contribution >= 4 is 21.8 Å². The van der Waals surface area contributed by atoms with E-state index < -0.39 is 0 Å². The summed E-state index contributed by atoms with van der Waals surface area (Å²) in [5.74, 6) is 0. The molecule has 62 valence electrons. The Kier molecular flexibility index (Phi) is 1.16. The van der Waals surface area contributed by atoms with Gasteiger partial charge in [0, 0.05) is 41.1 Å². The molecule has 3 aromatic rings. The summed E-state index contributed by atoms with van der Waals surface area (Å²) in [5.41, 5.74) is 2.15. The SMILES string of the molecule is c1cnc2c(ccc3[nH]cc32)cn1. The average Bonchev–Trinajstić information content (AvgIpc) is 2.29. The molecule has 2 aromatic heterocycles. The predicted molar refractivity (Wildman–Crippen MR) is 51.4 cm³/mol. The molecule has 0 atom stereocenters. The fourth-order valence-electron chi connectivity index (χ4n) is 1.49. The van der Waals surface area contributed by atoms with Crippen molar-refractivity contribution in [2.24, 2.45) is 0 Å². The van der Waals surface area contributed by atoms with E-state index in [1.54, 1.807) is 12.4 Å². The Morgan fingerprint density at radius 3 is 3.00 bits per heavy atom. The molecule has 13 heavy (non-hydrogen) atoms. The lowest BCUT2D eigenvalue weighted by molar-refractivity contribution is 1.34. The highest BCUT2D eigenvalue weighted by Gasteiger charge is 2.01. The highest BCUT2D eigenvalue weighted by Crippen LogP contribution is 2.22. The van der Waals surface area contributed by atoms with Crippen molar-refractivity contribution < 1.29 is 0 Å². The molecule has 3 heteroatoms. The van der Waals surface area contributed by atoms with Crippen LogP contribution in [0.15, 0.2) is 36.9 Å². The maximum absolute atomic E-state index is 4.32. The molecule has 0 aliphatic heterocycles. The zero-order valence-electron chi connectivity index (χ0n) is 6.86. The van der Waals surface area contributed by atoms with Crippen molar-refractivity contribution in [3.05, 3.63) is 36.9 Å². The largest absolute Gasteiger partial charge is 0.360 e. The monoisotopic (exact) mass is 169 g/mol. The molecule has 0 saturated carbocycles. The van der Waals surface area contributed by atoms with Crippen LogP contribution in [0.25, 0.3) is 21.8 Å². The summed E-state index contributed by atoms with van der Waals surface area (Å²) in [6.45, 7) is 0. The minimum atomic E-state index is 1.01. The summed E-state index contributed by atoms with van der Waals surface area (Å²) in [6.07, 6.45) is 7.20. The Bertz CT molecular complexity index is 568. The molecule has 0 unspecified atom stereocenters. The summed E-state index contributed by atoms with van der Waals surface area (Å²) in [6, 6.07) is 4.06. The number of nitrogens with one attached hydrogen (secondary N) is 1. The summed E-state index contributed by atoms with van der Waals surface area (Å²) in [4.78, 5) is 11.5. The minimum absolute atomic E-state index is 1.01. The number of hydrogen-bond donors (Lipinski definition) is 1. The maximum atomic E-state index is 4.32. The third kappa shape index (κ3) is 0.839. The predicted octanol–water partition coefficient (Wildman–Crippen LogP) is 2.11. The van der Waals surface area contributed by atoms with Crippen LogP contribution >= 0.6 is 0 Å². The number of aromatic amines is 1. The van der Waals surface area contributed by atoms with Crippen LogP contribution in [-0.2, 0) is 0 Å². The number of hydrogen-bond acceptors (Lipinski definition) is 2. The Morgan fingerprint density at radius 2 is 2.15 bits per heavy atom. The van der Waals surface area contributed by atoms with Crippen molar-refractivity contribution in [2.75, 3.05) is 0 Å². The van der Waals surface area contributed by atoms with E-state index in [1.807, 2.05) is 24.5 Å². The number of H-pyrrole nitrogens is 1. The van der Waals surface area contributed by atoms with Gasteiger partial charge in [-0.3, -0.25) is 9.97 Å². The van der Waals surface area contributed by atoms with E-state index in [9.17, 15) is 0 Å². The molecule has 3 nitrogen and oxygen atoms in total. The first-order valence-corrected chi connectivity index (χ1v) is 4.11. The molecule has 1 aromatic carbocycles. The van der Waals surface area contributed by atoms with Crippen LogP contribution in [0.3, 0.4) is 0 Å². The highest BCUT2D eigenvalue weighted by atomic mass is 14.8. The maximum Gasteiger partial charge on any atom is 0.0825 e. The van der Waals surface area contributed by atoms with E-state index >= 15 is 0 Å². The van der Waals surface area contributed by atoms with Crippen LogP contribution in [0.5, 0.6) is 0 Å². The molecule has 0 bridgehead atoms. The second-order valence-corrected chi connectivity index (χ2v) is 2.96. The van der Waals surface area contributed by atoms with Crippen LogP contribution in [0.1, 0.15) is 0 Å². The molecule has 1 N–H and O–H groups in total. The average molecular weight is 169 g/mol. The van der Waals surface area contributed by atoms with E-state index in [1.165, 1.54) is 5.39 Å². The third-order valence-electron chi connectivity index (χ3n) is 2.19. The smallest absolute Gasteiger partial charge is 0.0825 e. The molecule has 2 heterocycles. The fourth-order valence-corrected chi connectivity index (χ4v) is 1.49. The standard InChI is InChI=1S/C10H7N3/c1-2-9-8(6-13-9)10-7(1)5-11-3-4-12-10/h1-6,13H. The number of benzene rings is 1. The van der Waals surface area contributed by atoms with Gasteiger partial charge in [0.2, 0.25) is 0 Å². The molecule has 0 spiro atoms. The Labute approximate surface area is 74.4 Å². The lowest BCUT2D eigenvalue weighted by atomic mass is 10.1. The van der Waals surface area contributed by atoms with E-state index in [-0.39, 0.29) is 0 Å². The Hall–Kier alpha value is -1.90. The molecule has 0 amide bonds. The van der Waals surface area contributed by atoms with Crippen molar-refractivity contribution in [3.63, 3.8) is 0 Å². The van der Waals surface area contributed by atoms with Crippen LogP contribution in [0, 0.1) is 0 Å². The van der Waals surface area contributed by atoms with Crippen LogP contribution < -0.4 is 0 Å². The zero-order valence-corrected chi connectivity index (χ0v) is 6.86.